The first kappa shape index (κ1) is 18.7. The van der Waals surface area contributed by atoms with Crippen molar-refractivity contribution in [2.75, 3.05) is 6.54 Å². The molecule has 0 aliphatic heterocycles. The molecule has 6 heteroatoms. The van der Waals surface area contributed by atoms with E-state index in [2.05, 4.69) is 16.0 Å². The summed E-state index contributed by atoms with van der Waals surface area (Å²) in [6, 6.07) is 9.50. The predicted octanol–water partition coefficient (Wildman–Crippen LogP) is 1.12. The van der Waals surface area contributed by atoms with Crippen molar-refractivity contribution in [3.8, 4) is 0 Å². The van der Waals surface area contributed by atoms with Crippen LogP contribution in [0.2, 0.25) is 0 Å². The van der Waals surface area contributed by atoms with E-state index in [9.17, 15) is 14.4 Å². The van der Waals surface area contributed by atoms with E-state index in [1.54, 1.807) is 13.8 Å². The summed E-state index contributed by atoms with van der Waals surface area (Å²) in [5.41, 5.74) is 0.859. The molecule has 1 atom stereocenters. The number of carbonyl (C=O) groups excluding carboxylic acids is 3. The minimum absolute atomic E-state index is 0.131. The third-order valence-corrected chi connectivity index (χ3v) is 3.21. The highest BCUT2D eigenvalue weighted by atomic mass is 16.2. The van der Waals surface area contributed by atoms with Crippen LogP contribution in [-0.2, 0) is 14.4 Å². The van der Waals surface area contributed by atoms with Gasteiger partial charge >= 0.3 is 0 Å². The van der Waals surface area contributed by atoms with Crippen LogP contribution in [0.3, 0.4) is 0 Å². The Morgan fingerprint density at radius 1 is 1.13 bits per heavy atom. The van der Waals surface area contributed by atoms with Crippen LogP contribution in [0.5, 0.6) is 0 Å². The number of rotatable bonds is 11. The molecule has 0 aliphatic carbocycles. The molecule has 124 valence electrons. The molecule has 1 aromatic rings. The van der Waals surface area contributed by atoms with Gasteiger partial charge in [0.2, 0.25) is 18.7 Å². The second-order valence-corrected chi connectivity index (χ2v) is 5.29. The number of hydrogen-bond acceptors (Lipinski definition) is 3. The summed E-state index contributed by atoms with van der Waals surface area (Å²) in [6.45, 7) is 4.05. The Kier molecular flexibility index (Phi) is 8.42. The van der Waals surface area contributed by atoms with Crippen LogP contribution in [0.1, 0.15) is 31.9 Å². The molecule has 0 fully saturated rings. The van der Waals surface area contributed by atoms with Gasteiger partial charge in [0.1, 0.15) is 0 Å². The van der Waals surface area contributed by atoms with E-state index in [0.29, 0.717) is 31.8 Å². The highest BCUT2D eigenvalue weighted by Gasteiger charge is 2.26. The van der Waals surface area contributed by atoms with Crippen LogP contribution < -0.4 is 16.0 Å². The number of benzene rings is 1. The Bertz CT molecular complexity index is 491. The van der Waals surface area contributed by atoms with Gasteiger partial charge < -0.3 is 16.0 Å². The lowest BCUT2D eigenvalue weighted by molar-refractivity contribution is -0.124. The van der Waals surface area contributed by atoms with Crippen LogP contribution in [0, 0.1) is 18.4 Å². The SMILES string of the molecule is CC(C)C(=O)N[C]([CH]CCNC=O)C(NC=O)c1ccccc1. The lowest BCUT2D eigenvalue weighted by atomic mass is 9.95. The summed E-state index contributed by atoms with van der Waals surface area (Å²) in [6.07, 6.45) is 3.58. The Hall–Kier alpha value is -2.37. The molecule has 0 heterocycles. The van der Waals surface area contributed by atoms with Crippen molar-refractivity contribution in [1.29, 1.82) is 0 Å². The van der Waals surface area contributed by atoms with E-state index in [4.69, 9.17) is 0 Å². The average molecular weight is 317 g/mol. The fourth-order valence-electron chi connectivity index (χ4n) is 1.98. The van der Waals surface area contributed by atoms with Gasteiger partial charge in [0.25, 0.3) is 0 Å². The Labute approximate surface area is 137 Å². The minimum Gasteiger partial charge on any atom is -0.359 e. The quantitative estimate of drug-likeness (QED) is 0.422. The minimum atomic E-state index is -0.451. The molecule has 0 bridgehead atoms. The molecule has 1 rings (SSSR count). The van der Waals surface area contributed by atoms with Crippen LogP contribution in [0.4, 0.5) is 0 Å². The predicted molar refractivity (Wildman–Crippen MR) is 87.6 cm³/mol. The molecule has 0 saturated carbocycles. The van der Waals surface area contributed by atoms with Gasteiger partial charge in [0, 0.05) is 12.5 Å². The molecule has 0 aliphatic rings. The van der Waals surface area contributed by atoms with Crippen molar-refractivity contribution in [1.82, 2.24) is 16.0 Å². The van der Waals surface area contributed by atoms with Crippen molar-refractivity contribution in [3.63, 3.8) is 0 Å². The molecule has 1 unspecified atom stereocenters. The third kappa shape index (κ3) is 6.50. The second-order valence-electron chi connectivity index (χ2n) is 5.29. The topological polar surface area (TPSA) is 87.3 Å². The lowest BCUT2D eigenvalue weighted by Gasteiger charge is -2.27. The maximum Gasteiger partial charge on any atom is 0.223 e. The first-order valence-electron chi connectivity index (χ1n) is 7.52. The van der Waals surface area contributed by atoms with Crippen molar-refractivity contribution >= 4 is 18.7 Å². The van der Waals surface area contributed by atoms with Gasteiger partial charge in [-0.25, -0.2) is 0 Å². The molecule has 0 spiro atoms. The van der Waals surface area contributed by atoms with Gasteiger partial charge in [0.05, 0.1) is 12.1 Å². The van der Waals surface area contributed by atoms with E-state index < -0.39 is 6.04 Å². The normalized spacial score (nSPS) is 11.8. The zero-order valence-electron chi connectivity index (χ0n) is 13.4. The number of carbonyl (C=O) groups is 3. The largest absolute Gasteiger partial charge is 0.359 e. The molecule has 2 radical (unpaired) electrons. The summed E-state index contributed by atoms with van der Waals surface area (Å²) in [7, 11) is 0. The highest BCUT2D eigenvalue weighted by molar-refractivity contribution is 5.79. The van der Waals surface area contributed by atoms with Gasteiger partial charge in [-0.2, -0.15) is 0 Å². The highest BCUT2D eigenvalue weighted by Crippen LogP contribution is 2.25. The van der Waals surface area contributed by atoms with E-state index in [0.717, 1.165) is 5.56 Å². The van der Waals surface area contributed by atoms with Crippen molar-refractivity contribution in [3.05, 3.63) is 48.4 Å². The third-order valence-electron chi connectivity index (χ3n) is 3.21. The van der Waals surface area contributed by atoms with Gasteiger partial charge in [-0.3, -0.25) is 14.4 Å². The van der Waals surface area contributed by atoms with Crippen LogP contribution >= 0.6 is 0 Å². The first-order chi connectivity index (χ1) is 11.1. The van der Waals surface area contributed by atoms with Crippen LogP contribution in [0.15, 0.2) is 30.3 Å². The second kappa shape index (κ2) is 10.4. The molecular weight excluding hydrogens is 294 g/mol. The van der Waals surface area contributed by atoms with E-state index in [1.165, 1.54) is 0 Å². The maximum atomic E-state index is 12.0. The molecule has 0 saturated heterocycles. The Balaban J connectivity index is 2.89. The summed E-state index contributed by atoms with van der Waals surface area (Å²) < 4.78 is 0. The first-order valence-corrected chi connectivity index (χ1v) is 7.52. The Morgan fingerprint density at radius 2 is 1.83 bits per heavy atom. The van der Waals surface area contributed by atoms with Crippen LogP contribution in [-0.4, -0.2) is 25.3 Å². The monoisotopic (exact) mass is 317 g/mol. The van der Waals surface area contributed by atoms with E-state index in [-0.39, 0.29) is 11.8 Å². The number of hydrogen-bond donors (Lipinski definition) is 3. The Morgan fingerprint density at radius 3 is 2.39 bits per heavy atom. The number of amides is 3. The van der Waals surface area contributed by atoms with Gasteiger partial charge in [-0.05, 0) is 18.4 Å². The van der Waals surface area contributed by atoms with E-state index >= 15 is 0 Å². The zero-order chi connectivity index (χ0) is 17.1. The van der Waals surface area contributed by atoms with Gasteiger partial charge in [-0.1, -0.05) is 44.2 Å². The van der Waals surface area contributed by atoms with E-state index in [1.807, 2.05) is 36.8 Å². The molecular formula is C17H23N3O3. The molecule has 1 aromatic carbocycles. The van der Waals surface area contributed by atoms with Crippen molar-refractivity contribution < 1.29 is 14.4 Å². The summed E-state index contributed by atoms with van der Waals surface area (Å²) in [4.78, 5) is 33.3. The molecule has 23 heavy (non-hydrogen) atoms. The fraction of sp³-hybridized carbons (Fsp3) is 0.353. The van der Waals surface area contributed by atoms with Gasteiger partial charge in [-0.15, -0.1) is 0 Å². The number of nitrogens with one attached hydrogen (secondary N) is 3. The lowest BCUT2D eigenvalue weighted by Crippen LogP contribution is -2.40. The summed E-state index contributed by atoms with van der Waals surface area (Å²) in [5, 5.41) is 8.15. The molecule has 6 nitrogen and oxygen atoms in total. The molecule has 3 amide bonds. The standard InChI is InChI=1S/C17H23N3O3/c1-13(2)17(23)20-15(9-6-10-18-11-21)16(19-12-22)14-7-4-3-5-8-14/h3-5,7-9,11-13,16H,6,10H2,1-2H3,(H,18,21)(H,19,22)(H,20,23). The molecule has 3 N–H and O–H groups in total. The van der Waals surface area contributed by atoms with Gasteiger partial charge in [0.15, 0.2) is 0 Å². The maximum absolute atomic E-state index is 12.0. The smallest absolute Gasteiger partial charge is 0.223 e. The average Bonchev–Trinajstić information content (AvgIpc) is 2.56. The summed E-state index contributed by atoms with van der Waals surface area (Å²) >= 11 is 0. The van der Waals surface area contributed by atoms with Crippen molar-refractivity contribution in [2.24, 2.45) is 5.92 Å². The van der Waals surface area contributed by atoms with Crippen LogP contribution in [0.25, 0.3) is 0 Å². The molecule has 0 aromatic heterocycles. The zero-order valence-corrected chi connectivity index (χ0v) is 13.4. The fourth-order valence-corrected chi connectivity index (χ4v) is 1.98. The van der Waals surface area contributed by atoms with Crippen molar-refractivity contribution in [2.45, 2.75) is 26.3 Å². The summed E-state index contributed by atoms with van der Waals surface area (Å²) in [5.74, 6) is -0.313.